The third-order valence-electron chi connectivity index (χ3n) is 6.22. The molecule has 3 atom stereocenters. The molecule has 1 spiro atoms. The molecule has 0 unspecified atom stereocenters. The summed E-state index contributed by atoms with van der Waals surface area (Å²) in [5.41, 5.74) is 0.811. The Hall–Kier alpha value is -1.95. The van der Waals surface area contributed by atoms with Crippen molar-refractivity contribution in [3.63, 3.8) is 0 Å². The van der Waals surface area contributed by atoms with Crippen molar-refractivity contribution in [1.82, 2.24) is 9.80 Å². The summed E-state index contributed by atoms with van der Waals surface area (Å²) < 4.78 is 13.2. The summed E-state index contributed by atoms with van der Waals surface area (Å²) in [5.74, 6) is -0.576. The Labute approximate surface area is 139 Å². The van der Waals surface area contributed by atoms with Gasteiger partial charge >= 0.3 is 0 Å². The fraction of sp³-hybridized carbons (Fsp3) is 0.556. The molecular formula is C18H20FN3O2. The van der Waals surface area contributed by atoms with Gasteiger partial charge < -0.3 is 10.2 Å². The average molecular weight is 329 g/mol. The lowest BCUT2D eigenvalue weighted by atomic mass is 9.77. The van der Waals surface area contributed by atoms with E-state index in [-0.39, 0.29) is 30.9 Å². The number of rotatable bonds is 1. The van der Waals surface area contributed by atoms with Crippen LogP contribution in [0.2, 0.25) is 0 Å². The van der Waals surface area contributed by atoms with Crippen LogP contribution >= 0.6 is 0 Å². The first-order valence-electron chi connectivity index (χ1n) is 8.73. The predicted molar refractivity (Wildman–Crippen MR) is 86.1 cm³/mol. The second kappa shape index (κ2) is 4.79. The van der Waals surface area contributed by atoms with Gasteiger partial charge in [0.25, 0.3) is 0 Å². The molecule has 0 bridgehead atoms. The summed E-state index contributed by atoms with van der Waals surface area (Å²) in [7, 11) is 0. The Morgan fingerprint density at radius 1 is 1.29 bits per heavy atom. The van der Waals surface area contributed by atoms with E-state index in [1.54, 1.807) is 4.90 Å². The zero-order valence-electron chi connectivity index (χ0n) is 13.4. The van der Waals surface area contributed by atoms with Crippen LogP contribution in [0.1, 0.15) is 24.8 Å². The summed E-state index contributed by atoms with van der Waals surface area (Å²) in [6.45, 7) is 1.17. The van der Waals surface area contributed by atoms with E-state index < -0.39 is 17.6 Å². The first-order valence-corrected chi connectivity index (χ1v) is 8.73. The second-order valence-corrected chi connectivity index (χ2v) is 7.38. The number of anilines is 1. The van der Waals surface area contributed by atoms with Gasteiger partial charge in [0.15, 0.2) is 0 Å². The lowest BCUT2D eigenvalue weighted by molar-refractivity contribution is -0.150. The van der Waals surface area contributed by atoms with Crippen molar-refractivity contribution < 1.29 is 14.0 Å². The number of hydrogen-bond acceptors (Lipinski definition) is 3. The molecule has 24 heavy (non-hydrogen) atoms. The zero-order valence-corrected chi connectivity index (χ0v) is 13.4. The number of para-hydroxylation sites is 1. The molecule has 0 radical (unpaired) electrons. The number of alkyl halides is 1. The highest BCUT2D eigenvalue weighted by molar-refractivity contribution is 6.09. The number of fused-ring (bicyclic) bond motifs is 4. The summed E-state index contributed by atoms with van der Waals surface area (Å²) in [5, 5.41) is 2.99. The number of nitrogens with zero attached hydrogens (tertiary/aromatic N) is 2. The van der Waals surface area contributed by atoms with Crippen molar-refractivity contribution in [3.8, 4) is 0 Å². The Morgan fingerprint density at radius 2 is 2.08 bits per heavy atom. The third-order valence-corrected chi connectivity index (χ3v) is 6.22. The van der Waals surface area contributed by atoms with Crippen LogP contribution in [0.15, 0.2) is 24.3 Å². The van der Waals surface area contributed by atoms with E-state index in [1.807, 2.05) is 24.3 Å². The number of hydrogen-bond donors (Lipinski definition) is 1. The molecule has 126 valence electrons. The monoisotopic (exact) mass is 329 g/mol. The molecule has 6 heteroatoms. The molecule has 2 amide bonds. The molecule has 3 fully saturated rings. The Bertz CT molecular complexity index is 733. The third kappa shape index (κ3) is 1.62. The quantitative estimate of drug-likeness (QED) is 0.849. The molecule has 4 aliphatic heterocycles. The number of carbonyl (C=O) groups excluding carboxylic acids is 2. The predicted octanol–water partition coefficient (Wildman–Crippen LogP) is 1.50. The van der Waals surface area contributed by atoms with Crippen LogP contribution in [-0.4, -0.2) is 53.5 Å². The lowest BCUT2D eigenvalue weighted by Gasteiger charge is -2.41. The molecule has 5 nitrogen and oxygen atoms in total. The van der Waals surface area contributed by atoms with E-state index in [0.29, 0.717) is 6.42 Å². The molecule has 1 aromatic rings. The number of nitrogens with one attached hydrogen (secondary N) is 1. The fourth-order valence-corrected chi connectivity index (χ4v) is 5.19. The van der Waals surface area contributed by atoms with E-state index in [4.69, 9.17) is 0 Å². The smallest absolute Gasteiger partial charge is 0.250 e. The van der Waals surface area contributed by atoms with Crippen molar-refractivity contribution in [3.05, 3.63) is 29.8 Å². The van der Waals surface area contributed by atoms with Gasteiger partial charge in [-0.3, -0.25) is 14.5 Å². The first-order chi connectivity index (χ1) is 11.6. The van der Waals surface area contributed by atoms with Crippen molar-refractivity contribution in [2.45, 2.75) is 37.0 Å². The highest BCUT2D eigenvalue weighted by atomic mass is 19.1. The molecule has 1 N–H and O–H groups in total. The molecular weight excluding hydrogens is 309 g/mol. The van der Waals surface area contributed by atoms with E-state index >= 15 is 0 Å². The highest BCUT2D eigenvalue weighted by Gasteiger charge is 2.66. The number of halogens is 1. The Balaban J connectivity index is 1.62. The highest BCUT2D eigenvalue weighted by Crippen LogP contribution is 2.55. The molecule has 1 aromatic carbocycles. The average Bonchev–Trinajstić information content (AvgIpc) is 3.19. The second-order valence-electron chi connectivity index (χ2n) is 7.38. The van der Waals surface area contributed by atoms with Gasteiger partial charge in [0.05, 0.1) is 19.0 Å². The SMILES string of the molecule is O=C([C@H]1C[C@H]2CCCN2[C@]12C(=O)Nc1ccccc12)N1CC(F)C1. The molecule has 5 rings (SSSR count). The van der Waals surface area contributed by atoms with E-state index in [0.717, 1.165) is 30.6 Å². The van der Waals surface area contributed by atoms with E-state index in [9.17, 15) is 14.0 Å². The van der Waals surface area contributed by atoms with Crippen LogP contribution in [0, 0.1) is 5.92 Å². The van der Waals surface area contributed by atoms with Crippen molar-refractivity contribution in [2.75, 3.05) is 25.0 Å². The molecule has 4 aliphatic rings. The molecule has 4 heterocycles. The van der Waals surface area contributed by atoms with Gasteiger partial charge in [0.1, 0.15) is 11.7 Å². The van der Waals surface area contributed by atoms with E-state index in [2.05, 4.69) is 10.2 Å². The minimum atomic E-state index is -0.921. The standard InChI is InChI=1S/C18H20FN3O2/c19-11-9-21(10-11)16(23)14-8-12-4-3-7-22(12)18(14)13-5-1-2-6-15(13)20-17(18)24/h1-2,5-6,11-12,14H,3-4,7-10H2,(H,20,24)/t12-,14-,18+/m1/s1. The maximum absolute atomic E-state index is 13.2. The van der Waals surface area contributed by atoms with Crippen LogP contribution < -0.4 is 5.32 Å². The summed E-state index contributed by atoms with van der Waals surface area (Å²) in [6, 6.07) is 7.94. The largest absolute Gasteiger partial charge is 0.336 e. The van der Waals surface area contributed by atoms with Crippen molar-refractivity contribution in [1.29, 1.82) is 0 Å². The zero-order chi connectivity index (χ0) is 16.5. The lowest BCUT2D eigenvalue weighted by Crippen LogP contribution is -2.59. The van der Waals surface area contributed by atoms with Crippen LogP contribution in [0.5, 0.6) is 0 Å². The first kappa shape index (κ1) is 14.4. The van der Waals surface area contributed by atoms with Gasteiger partial charge in [-0.2, -0.15) is 0 Å². The summed E-state index contributed by atoms with van der Waals surface area (Å²) in [4.78, 5) is 30.0. The maximum Gasteiger partial charge on any atom is 0.250 e. The molecule has 0 saturated carbocycles. The summed E-state index contributed by atoms with van der Waals surface area (Å²) in [6.07, 6.45) is 1.84. The Kier molecular flexibility index (Phi) is 2.87. The molecule has 0 aliphatic carbocycles. The summed E-state index contributed by atoms with van der Waals surface area (Å²) >= 11 is 0. The van der Waals surface area contributed by atoms with Gasteiger partial charge in [-0.15, -0.1) is 0 Å². The van der Waals surface area contributed by atoms with Crippen LogP contribution in [0.3, 0.4) is 0 Å². The molecule has 3 saturated heterocycles. The minimum absolute atomic E-state index is 0.0647. The van der Waals surface area contributed by atoms with Gasteiger partial charge in [-0.05, 0) is 31.9 Å². The normalized spacial score (nSPS) is 35.0. The van der Waals surface area contributed by atoms with Crippen LogP contribution in [0.25, 0.3) is 0 Å². The van der Waals surface area contributed by atoms with Gasteiger partial charge in [0.2, 0.25) is 11.8 Å². The van der Waals surface area contributed by atoms with Crippen molar-refractivity contribution >= 4 is 17.5 Å². The number of amides is 2. The van der Waals surface area contributed by atoms with Crippen LogP contribution in [0.4, 0.5) is 10.1 Å². The van der Waals surface area contributed by atoms with Gasteiger partial charge in [0, 0.05) is 17.3 Å². The van der Waals surface area contributed by atoms with E-state index in [1.165, 1.54) is 0 Å². The maximum atomic E-state index is 13.2. The number of carbonyl (C=O) groups is 2. The number of likely N-dealkylation sites (tertiary alicyclic amines) is 1. The van der Waals surface area contributed by atoms with Crippen molar-refractivity contribution in [2.24, 2.45) is 5.92 Å². The van der Waals surface area contributed by atoms with Gasteiger partial charge in [-0.25, -0.2) is 4.39 Å². The van der Waals surface area contributed by atoms with Gasteiger partial charge in [-0.1, -0.05) is 18.2 Å². The number of benzene rings is 1. The fourth-order valence-electron chi connectivity index (χ4n) is 5.19. The minimum Gasteiger partial charge on any atom is -0.336 e. The topological polar surface area (TPSA) is 52.7 Å². The molecule has 0 aromatic heterocycles. The van der Waals surface area contributed by atoms with Crippen LogP contribution in [-0.2, 0) is 15.1 Å². The Morgan fingerprint density at radius 3 is 2.88 bits per heavy atom.